The molecule has 1 aromatic carbocycles. The largest absolute Gasteiger partial charge is 0.340 e. The van der Waals surface area contributed by atoms with Crippen molar-refractivity contribution < 1.29 is 9.18 Å². The van der Waals surface area contributed by atoms with Crippen molar-refractivity contribution in [1.29, 1.82) is 0 Å². The van der Waals surface area contributed by atoms with Crippen molar-refractivity contribution in [3.63, 3.8) is 0 Å². The third-order valence-corrected chi connectivity index (χ3v) is 4.86. The molecule has 0 unspecified atom stereocenters. The lowest BCUT2D eigenvalue weighted by molar-refractivity contribution is -0.132. The second kappa shape index (κ2) is 9.58. The number of hydrogen-bond acceptors (Lipinski definition) is 4. The molecule has 1 fully saturated rings. The maximum atomic E-state index is 13.9. The highest BCUT2D eigenvalue weighted by atomic mass is 19.1. The molecule has 0 radical (unpaired) electrons. The summed E-state index contributed by atoms with van der Waals surface area (Å²) in [6.45, 7) is 4.71. The van der Waals surface area contributed by atoms with Gasteiger partial charge in [0.25, 0.3) is 0 Å². The molecule has 144 valence electrons. The number of pyridine rings is 1. The number of benzene rings is 1. The van der Waals surface area contributed by atoms with Gasteiger partial charge in [-0.2, -0.15) is 0 Å². The molecule has 0 N–H and O–H groups in total. The summed E-state index contributed by atoms with van der Waals surface area (Å²) in [5.41, 5.74) is 1.67. The third kappa shape index (κ3) is 5.84. The molecule has 1 aliphatic rings. The van der Waals surface area contributed by atoms with Crippen LogP contribution in [0.15, 0.2) is 48.7 Å². The van der Waals surface area contributed by atoms with Crippen LogP contribution in [0.1, 0.15) is 17.7 Å². The van der Waals surface area contributed by atoms with Gasteiger partial charge in [-0.25, -0.2) is 4.39 Å². The minimum atomic E-state index is -0.161. The summed E-state index contributed by atoms with van der Waals surface area (Å²) in [5, 5.41) is 0. The quantitative estimate of drug-likeness (QED) is 0.783. The van der Waals surface area contributed by atoms with Crippen molar-refractivity contribution in [3.8, 4) is 0 Å². The van der Waals surface area contributed by atoms with Crippen LogP contribution in [-0.2, 0) is 17.9 Å². The zero-order valence-corrected chi connectivity index (χ0v) is 15.9. The minimum Gasteiger partial charge on any atom is -0.340 e. The Morgan fingerprint density at radius 2 is 1.93 bits per heavy atom. The van der Waals surface area contributed by atoms with Crippen molar-refractivity contribution >= 4 is 5.91 Å². The van der Waals surface area contributed by atoms with Crippen molar-refractivity contribution in [3.05, 3.63) is 65.7 Å². The van der Waals surface area contributed by atoms with Gasteiger partial charge in [0.2, 0.25) is 5.91 Å². The van der Waals surface area contributed by atoms with E-state index < -0.39 is 0 Å². The van der Waals surface area contributed by atoms with Gasteiger partial charge in [0, 0.05) is 51.0 Å². The average Bonchev–Trinajstić information content (AvgIpc) is 2.90. The van der Waals surface area contributed by atoms with Crippen molar-refractivity contribution in [2.45, 2.75) is 19.5 Å². The first-order valence-electron chi connectivity index (χ1n) is 9.44. The van der Waals surface area contributed by atoms with E-state index in [-0.39, 0.29) is 11.7 Å². The third-order valence-electron chi connectivity index (χ3n) is 4.86. The summed E-state index contributed by atoms with van der Waals surface area (Å²) in [5.74, 6) is -0.0213. The van der Waals surface area contributed by atoms with E-state index >= 15 is 0 Å². The van der Waals surface area contributed by atoms with Gasteiger partial charge in [-0.15, -0.1) is 0 Å². The molecular weight excluding hydrogens is 343 g/mol. The Morgan fingerprint density at radius 3 is 2.70 bits per heavy atom. The highest BCUT2D eigenvalue weighted by molar-refractivity contribution is 5.78. The average molecular weight is 370 g/mol. The zero-order valence-electron chi connectivity index (χ0n) is 15.9. The SMILES string of the molecule is CN(CC(=O)N1CCCN(Cc2ccccc2F)CC1)Cc1ccccn1. The fourth-order valence-corrected chi connectivity index (χ4v) is 3.40. The van der Waals surface area contributed by atoms with Crippen LogP contribution >= 0.6 is 0 Å². The first kappa shape index (κ1) is 19.5. The van der Waals surface area contributed by atoms with E-state index in [0.29, 0.717) is 31.7 Å². The number of rotatable bonds is 6. The van der Waals surface area contributed by atoms with Crippen LogP contribution in [-0.4, -0.2) is 65.4 Å². The van der Waals surface area contributed by atoms with Crippen LogP contribution in [0.5, 0.6) is 0 Å². The van der Waals surface area contributed by atoms with Crippen LogP contribution in [0, 0.1) is 5.82 Å². The molecule has 1 saturated heterocycles. The highest BCUT2D eigenvalue weighted by Crippen LogP contribution is 2.12. The van der Waals surface area contributed by atoms with Crippen LogP contribution in [0.4, 0.5) is 4.39 Å². The summed E-state index contributed by atoms with van der Waals surface area (Å²) in [6.07, 6.45) is 2.67. The molecule has 0 atom stereocenters. The number of likely N-dealkylation sites (N-methyl/N-ethyl adjacent to an activating group) is 1. The molecule has 2 aromatic rings. The lowest BCUT2D eigenvalue weighted by Gasteiger charge is -2.24. The summed E-state index contributed by atoms with van der Waals surface area (Å²) in [6, 6.07) is 12.7. The summed E-state index contributed by atoms with van der Waals surface area (Å²) in [4.78, 5) is 23.1. The van der Waals surface area contributed by atoms with Gasteiger partial charge in [0.05, 0.1) is 12.2 Å². The predicted molar refractivity (Wildman–Crippen MR) is 103 cm³/mol. The van der Waals surface area contributed by atoms with Gasteiger partial charge in [-0.3, -0.25) is 19.6 Å². The molecule has 1 amide bonds. The Bertz CT molecular complexity index is 740. The maximum Gasteiger partial charge on any atom is 0.236 e. The van der Waals surface area contributed by atoms with E-state index in [4.69, 9.17) is 0 Å². The van der Waals surface area contributed by atoms with Gasteiger partial charge in [-0.1, -0.05) is 24.3 Å². The van der Waals surface area contributed by atoms with E-state index in [2.05, 4.69) is 9.88 Å². The van der Waals surface area contributed by atoms with Crippen LogP contribution in [0.2, 0.25) is 0 Å². The van der Waals surface area contributed by atoms with Gasteiger partial charge >= 0.3 is 0 Å². The fraction of sp³-hybridized carbons (Fsp3) is 0.429. The summed E-state index contributed by atoms with van der Waals surface area (Å²) >= 11 is 0. The van der Waals surface area contributed by atoms with E-state index in [1.165, 1.54) is 6.07 Å². The fourth-order valence-electron chi connectivity index (χ4n) is 3.40. The van der Waals surface area contributed by atoms with Gasteiger partial charge in [-0.05, 0) is 31.7 Å². The van der Waals surface area contributed by atoms with Crippen molar-refractivity contribution in [2.24, 2.45) is 0 Å². The Kier molecular flexibility index (Phi) is 6.90. The van der Waals surface area contributed by atoms with E-state index in [1.54, 1.807) is 12.3 Å². The zero-order chi connectivity index (χ0) is 19.1. The standard InChI is InChI=1S/C21H27FN4O/c1-24(16-19-8-4-5-10-23-19)17-21(27)26-12-6-11-25(13-14-26)15-18-7-2-3-9-20(18)22/h2-5,7-10H,6,11-17H2,1H3. The lowest BCUT2D eigenvalue weighted by Crippen LogP contribution is -2.40. The van der Waals surface area contributed by atoms with Crippen LogP contribution in [0.25, 0.3) is 0 Å². The van der Waals surface area contributed by atoms with Crippen molar-refractivity contribution in [2.75, 3.05) is 39.8 Å². The molecule has 0 aliphatic carbocycles. The molecule has 5 nitrogen and oxygen atoms in total. The minimum absolute atomic E-state index is 0.140. The molecule has 1 aliphatic heterocycles. The smallest absolute Gasteiger partial charge is 0.236 e. The van der Waals surface area contributed by atoms with Crippen LogP contribution < -0.4 is 0 Å². The number of amides is 1. The Labute approximate surface area is 160 Å². The predicted octanol–water partition coefficient (Wildman–Crippen LogP) is 2.39. The number of carbonyl (C=O) groups excluding carboxylic acids is 1. The Morgan fingerprint density at radius 1 is 1.11 bits per heavy atom. The topological polar surface area (TPSA) is 39.7 Å². The first-order valence-corrected chi connectivity index (χ1v) is 9.44. The second-order valence-electron chi connectivity index (χ2n) is 7.10. The number of hydrogen-bond donors (Lipinski definition) is 0. The summed E-state index contributed by atoms with van der Waals surface area (Å²) < 4.78 is 13.9. The Hall–Kier alpha value is -2.31. The molecule has 2 heterocycles. The summed E-state index contributed by atoms with van der Waals surface area (Å²) in [7, 11) is 1.94. The number of aromatic nitrogens is 1. The molecule has 0 spiro atoms. The molecule has 6 heteroatoms. The Balaban J connectivity index is 1.48. The molecule has 0 bridgehead atoms. The van der Waals surface area contributed by atoms with Gasteiger partial charge in [0.1, 0.15) is 5.82 Å². The van der Waals surface area contributed by atoms with E-state index in [9.17, 15) is 9.18 Å². The molecule has 27 heavy (non-hydrogen) atoms. The lowest BCUT2D eigenvalue weighted by atomic mass is 10.2. The number of carbonyl (C=O) groups is 1. The van der Waals surface area contributed by atoms with Gasteiger partial charge in [0.15, 0.2) is 0 Å². The number of halogens is 1. The molecule has 1 aromatic heterocycles. The molecular formula is C21H27FN4O. The van der Waals surface area contributed by atoms with Gasteiger partial charge < -0.3 is 4.90 Å². The van der Waals surface area contributed by atoms with E-state index in [1.807, 2.05) is 47.2 Å². The van der Waals surface area contributed by atoms with Crippen molar-refractivity contribution in [1.82, 2.24) is 19.7 Å². The monoisotopic (exact) mass is 370 g/mol. The molecule has 3 rings (SSSR count). The van der Waals surface area contributed by atoms with E-state index in [0.717, 1.165) is 31.7 Å². The second-order valence-corrected chi connectivity index (χ2v) is 7.10. The maximum absolute atomic E-state index is 13.9. The normalized spacial score (nSPS) is 15.7. The molecule has 0 saturated carbocycles. The van der Waals surface area contributed by atoms with Crippen LogP contribution in [0.3, 0.4) is 0 Å². The highest BCUT2D eigenvalue weighted by Gasteiger charge is 2.20. The first-order chi connectivity index (χ1) is 13.1. The number of nitrogens with zero attached hydrogens (tertiary/aromatic N) is 4.